The minimum Gasteiger partial charge on any atom is -0.505 e. The molecule has 1 rings (SSSR count). The van der Waals surface area contributed by atoms with Crippen LogP contribution in [0.15, 0.2) is 22.7 Å². The monoisotopic (exact) mass is 202 g/mol. The molecule has 0 amide bonds. The molecule has 0 saturated heterocycles. The number of phenolic OH excluding ortho intramolecular Hbond substituents is 1. The van der Waals surface area contributed by atoms with Gasteiger partial charge < -0.3 is 10.5 Å². The molecule has 4 N–H and O–H groups in total. The molecule has 0 atom stereocenters. The van der Waals surface area contributed by atoms with Crippen LogP contribution in [0.1, 0.15) is 0 Å². The van der Waals surface area contributed by atoms with E-state index in [-0.39, 0.29) is 5.75 Å². The van der Waals surface area contributed by atoms with Crippen LogP contribution < -0.4 is 11.3 Å². The van der Waals surface area contributed by atoms with Gasteiger partial charge in [-0.1, -0.05) is 6.07 Å². The van der Waals surface area contributed by atoms with E-state index < -0.39 is 0 Å². The molecule has 54 valence electrons. The topological polar surface area (TPSA) is 58.3 Å². The summed E-state index contributed by atoms with van der Waals surface area (Å²) < 4.78 is 0.628. The normalized spacial score (nSPS) is 9.40. The number of nitrogens with two attached hydrogens (primary N) is 1. The third-order valence-corrected chi connectivity index (χ3v) is 1.78. The lowest BCUT2D eigenvalue weighted by atomic mass is 10.3. The first kappa shape index (κ1) is 7.37. The van der Waals surface area contributed by atoms with Crippen molar-refractivity contribution in [3.8, 4) is 5.75 Å². The summed E-state index contributed by atoms with van der Waals surface area (Å²) in [6.45, 7) is 0. The van der Waals surface area contributed by atoms with E-state index in [1.165, 1.54) is 0 Å². The molecule has 0 spiro atoms. The van der Waals surface area contributed by atoms with Gasteiger partial charge in [-0.15, -0.1) is 0 Å². The number of nitrogens with one attached hydrogen (secondary N) is 1. The molecule has 4 heteroatoms. The first-order chi connectivity index (χ1) is 4.75. The molecule has 0 aliphatic carbocycles. The summed E-state index contributed by atoms with van der Waals surface area (Å²) in [6.07, 6.45) is 0. The van der Waals surface area contributed by atoms with Crippen molar-refractivity contribution in [3.63, 3.8) is 0 Å². The Bertz CT molecular complexity index is 239. The first-order valence-electron chi connectivity index (χ1n) is 2.70. The highest BCUT2D eigenvalue weighted by Gasteiger charge is 2.00. The Labute approximate surface area is 67.0 Å². The largest absolute Gasteiger partial charge is 0.505 e. The summed E-state index contributed by atoms with van der Waals surface area (Å²) in [4.78, 5) is 0. The van der Waals surface area contributed by atoms with Gasteiger partial charge in [-0.25, -0.2) is 0 Å². The van der Waals surface area contributed by atoms with Gasteiger partial charge in [0.15, 0.2) is 5.75 Å². The van der Waals surface area contributed by atoms with Crippen molar-refractivity contribution >= 4 is 21.6 Å². The zero-order valence-electron chi connectivity index (χ0n) is 5.13. The lowest BCUT2D eigenvalue weighted by Gasteiger charge is -2.02. The second-order valence-corrected chi connectivity index (χ2v) is 2.63. The summed E-state index contributed by atoms with van der Waals surface area (Å²) in [6, 6.07) is 5.19. The average molecular weight is 203 g/mol. The fourth-order valence-corrected chi connectivity index (χ4v) is 0.998. The third kappa shape index (κ3) is 1.22. The van der Waals surface area contributed by atoms with E-state index in [2.05, 4.69) is 21.4 Å². The van der Waals surface area contributed by atoms with E-state index in [0.29, 0.717) is 10.2 Å². The fourth-order valence-electron chi connectivity index (χ4n) is 0.632. The first-order valence-corrected chi connectivity index (χ1v) is 3.49. The van der Waals surface area contributed by atoms with Gasteiger partial charge in [0.2, 0.25) is 0 Å². The number of hydrogen-bond acceptors (Lipinski definition) is 3. The molecular weight excluding hydrogens is 196 g/mol. The summed E-state index contributed by atoms with van der Waals surface area (Å²) >= 11 is 3.14. The van der Waals surface area contributed by atoms with Crippen LogP contribution in [-0.4, -0.2) is 5.11 Å². The molecule has 10 heavy (non-hydrogen) atoms. The number of aromatic hydroxyl groups is 1. The van der Waals surface area contributed by atoms with Crippen LogP contribution in [-0.2, 0) is 0 Å². The second-order valence-electron chi connectivity index (χ2n) is 1.78. The van der Waals surface area contributed by atoms with Crippen LogP contribution >= 0.6 is 15.9 Å². The molecule has 1 aromatic rings. The van der Waals surface area contributed by atoms with Crippen LogP contribution in [0.3, 0.4) is 0 Å². The van der Waals surface area contributed by atoms with E-state index in [9.17, 15) is 5.11 Å². The molecule has 3 nitrogen and oxygen atoms in total. The van der Waals surface area contributed by atoms with E-state index >= 15 is 0 Å². The van der Waals surface area contributed by atoms with Gasteiger partial charge in [0.05, 0.1) is 10.2 Å². The Kier molecular flexibility index (Phi) is 2.13. The number of phenols is 1. The molecule has 0 aliphatic heterocycles. The zero-order valence-corrected chi connectivity index (χ0v) is 6.72. The van der Waals surface area contributed by atoms with E-state index in [4.69, 9.17) is 5.84 Å². The fraction of sp³-hybridized carbons (Fsp3) is 0. The molecule has 0 fully saturated rings. The molecule has 0 unspecified atom stereocenters. The molecule has 0 aliphatic rings. The van der Waals surface area contributed by atoms with Crippen molar-refractivity contribution in [1.29, 1.82) is 0 Å². The van der Waals surface area contributed by atoms with Crippen LogP contribution in [0.4, 0.5) is 5.69 Å². The zero-order chi connectivity index (χ0) is 7.56. The van der Waals surface area contributed by atoms with Crippen LogP contribution in [0.25, 0.3) is 0 Å². The number of hydrogen-bond donors (Lipinski definition) is 3. The van der Waals surface area contributed by atoms with Crippen molar-refractivity contribution in [2.45, 2.75) is 0 Å². The average Bonchev–Trinajstić information content (AvgIpc) is 1.95. The Balaban J connectivity index is 3.14. The Morgan fingerprint density at radius 2 is 2.20 bits per heavy atom. The van der Waals surface area contributed by atoms with Crippen LogP contribution in [0.2, 0.25) is 0 Å². The van der Waals surface area contributed by atoms with Gasteiger partial charge in [0.1, 0.15) is 0 Å². The lowest BCUT2D eigenvalue weighted by Crippen LogP contribution is -2.06. The Morgan fingerprint density at radius 3 is 2.70 bits per heavy atom. The predicted molar refractivity (Wildman–Crippen MR) is 43.6 cm³/mol. The predicted octanol–water partition coefficient (Wildman–Crippen LogP) is 1.44. The number of benzene rings is 1. The summed E-state index contributed by atoms with van der Waals surface area (Å²) in [5, 5.41) is 9.21. The molecule has 1 aromatic carbocycles. The number of rotatable bonds is 1. The minimum absolute atomic E-state index is 0.130. The van der Waals surface area contributed by atoms with Gasteiger partial charge in [-0.2, -0.15) is 0 Å². The number of hydrazine groups is 1. The second kappa shape index (κ2) is 2.90. The number of nitrogen functional groups attached to an aromatic ring is 1. The SMILES string of the molecule is NNc1cccc(Br)c1O. The summed E-state index contributed by atoms with van der Waals surface area (Å²) in [5.41, 5.74) is 2.86. The van der Waals surface area contributed by atoms with Crippen molar-refractivity contribution < 1.29 is 5.11 Å². The highest BCUT2D eigenvalue weighted by Crippen LogP contribution is 2.30. The smallest absolute Gasteiger partial charge is 0.154 e. The molecule has 0 heterocycles. The highest BCUT2D eigenvalue weighted by molar-refractivity contribution is 9.10. The minimum atomic E-state index is 0.130. The van der Waals surface area contributed by atoms with Gasteiger partial charge in [0.25, 0.3) is 0 Å². The maximum atomic E-state index is 9.21. The van der Waals surface area contributed by atoms with Crippen LogP contribution in [0.5, 0.6) is 5.75 Å². The maximum absolute atomic E-state index is 9.21. The third-order valence-electron chi connectivity index (χ3n) is 1.14. The maximum Gasteiger partial charge on any atom is 0.154 e. The number of anilines is 1. The van der Waals surface area contributed by atoms with Gasteiger partial charge in [0, 0.05) is 0 Å². The summed E-state index contributed by atoms with van der Waals surface area (Å²) in [5.74, 6) is 5.22. The molecular formula is C6H7BrN2O. The van der Waals surface area contributed by atoms with Crippen molar-refractivity contribution in [3.05, 3.63) is 22.7 Å². The van der Waals surface area contributed by atoms with E-state index in [0.717, 1.165) is 0 Å². The van der Waals surface area contributed by atoms with Crippen LogP contribution in [0, 0.1) is 0 Å². The van der Waals surface area contributed by atoms with E-state index in [1.807, 2.05) is 0 Å². The number of halogens is 1. The molecule has 0 saturated carbocycles. The van der Waals surface area contributed by atoms with Gasteiger partial charge in [-0.05, 0) is 28.1 Å². The van der Waals surface area contributed by atoms with Crippen molar-refractivity contribution in [1.82, 2.24) is 0 Å². The van der Waals surface area contributed by atoms with Crippen molar-refractivity contribution in [2.75, 3.05) is 5.43 Å². The quantitative estimate of drug-likeness (QED) is 0.367. The molecule has 0 bridgehead atoms. The summed E-state index contributed by atoms with van der Waals surface area (Å²) in [7, 11) is 0. The van der Waals surface area contributed by atoms with E-state index in [1.54, 1.807) is 18.2 Å². The van der Waals surface area contributed by atoms with Crippen molar-refractivity contribution in [2.24, 2.45) is 5.84 Å². The van der Waals surface area contributed by atoms with Gasteiger partial charge in [-0.3, -0.25) is 5.84 Å². The lowest BCUT2D eigenvalue weighted by molar-refractivity contribution is 0.474. The molecule has 0 aromatic heterocycles. The Hall–Kier alpha value is -0.740. The standard InChI is InChI=1S/C6H7BrN2O/c7-4-2-1-3-5(9-8)6(4)10/h1-3,9-10H,8H2. The molecule has 0 radical (unpaired) electrons. The number of para-hydroxylation sites is 1. The Morgan fingerprint density at radius 1 is 1.50 bits per heavy atom. The highest BCUT2D eigenvalue weighted by atomic mass is 79.9. The van der Waals surface area contributed by atoms with Gasteiger partial charge >= 0.3 is 0 Å².